The van der Waals surface area contributed by atoms with Crippen molar-refractivity contribution in [3.63, 3.8) is 0 Å². The molecule has 0 aromatic rings. The molecule has 0 spiro atoms. The van der Waals surface area contributed by atoms with Gasteiger partial charge in [-0.1, -0.05) is 402 Å². The van der Waals surface area contributed by atoms with Gasteiger partial charge in [0.25, 0.3) is 0 Å². The number of phosphoric acid groups is 2. The van der Waals surface area contributed by atoms with Crippen LogP contribution in [0.1, 0.15) is 453 Å². The maximum Gasteiger partial charge on any atom is 0.472 e. The summed E-state index contributed by atoms with van der Waals surface area (Å²) in [6.07, 6.45) is 66.5. The van der Waals surface area contributed by atoms with Gasteiger partial charge in [0.1, 0.15) is 19.3 Å². The Labute approximate surface area is 645 Å². The van der Waals surface area contributed by atoms with Gasteiger partial charge in [0.05, 0.1) is 26.4 Å². The van der Waals surface area contributed by atoms with Crippen LogP contribution < -0.4 is 0 Å². The van der Waals surface area contributed by atoms with Gasteiger partial charge in [-0.15, -0.1) is 0 Å². The van der Waals surface area contributed by atoms with Gasteiger partial charge in [-0.25, -0.2) is 9.13 Å². The van der Waals surface area contributed by atoms with E-state index in [-0.39, 0.29) is 25.7 Å². The predicted octanol–water partition coefficient (Wildman–Crippen LogP) is 26.1. The van der Waals surface area contributed by atoms with E-state index in [0.717, 1.165) is 108 Å². The van der Waals surface area contributed by atoms with E-state index < -0.39 is 97.5 Å². The molecule has 0 aromatic carbocycles. The largest absolute Gasteiger partial charge is 0.472 e. The molecular formula is C86H168O17P2. The zero-order valence-corrected chi connectivity index (χ0v) is 71.0. The van der Waals surface area contributed by atoms with Crippen LogP contribution in [0.3, 0.4) is 0 Å². The second-order valence-electron chi connectivity index (χ2n) is 31.9. The Balaban J connectivity index is 5.27. The molecule has 0 radical (unpaired) electrons. The van der Waals surface area contributed by atoms with Crippen LogP contribution >= 0.6 is 15.6 Å². The van der Waals surface area contributed by atoms with Crippen LogP contribution in [0.15, 0.2) is 0 Å². The maximum absolute atomic E-state index is 13.2. The van der Waals surface area contributed by atoms with E-state index in [4.69, 9.17) is 37.0 Å². The zero-order chi connectivity index (χ0) is 77.2. The summed E-state index contributed by atoms with van der Waals surface area (Å²) < 4.78 is 68.9. The number of esters is 4. The lowest BCUT2D eigenvalue weighted by molar-refractivity contribution is -0.161. The summed E-state index contributed by atoms with van der Waals surface area (Å²) in [5.41, 5.74) is 0. The SMILES string of the molecule is CCCCCCCCCCCCCCCCCCCCCC(=O)O[C@H](COC(=O)CCCCCCCCCCCCCCCCC(C)CC)COP(=O)(O)OC[C@@H](O)COP(=O)(O)OC[C@@H](COC(=O)CCCCCCCCCCC(C)CC)OC(=O)CCCCCCCCCCCCCCCC(C)C. The number of hydrogen-bond donors (Lipinski definition) is 3. The third kappa shape index (κ3) is 77.2. The van der Waals surface area contributed by atoms with Crippen LogP contribution in [0.4, 0.5) is 0 Å². The summed E-state index contributed by atoms with van der Waals surface area (Å²) in [6.45, 7) is 12.1. The van der Waals surface area contributed by atoms with Gasteiger partial charge < -0.3 is 33.8 Å². The van der Waals surface area contributed by atoms with Crippen molar-refractivity contribution in [2.24, 2.45) is 17.8 Å². The number of ether oxygens (including phenoxy) is 4. The van der Waals surface area contributed by atoms with Crippen molar-refractivity contribution >= 4 is 39.5 Å². The fraction of sp³-hybridized carbons (Fsp3) is 0.953. The Morgan fingerprint density at radius 2 is 0.486 bits per heavy atom. The molecule has 7 atom stereocenters. The van der Waals surface area contributed by atoms with Crippen molar-refractivity contribution < 1.29 is 80.2 Å². The Hall–Kier alpha value is -1.94. The number of rotatable bonds is 84. The van der Waals surface area contributed by atoms with Crippen molar-refractivity contribution in [3.8, 4) is 0 Å². The monoisotopic (exact) mass is 1540 g/mol. The topological polar surface area (TPSA) is 237 Å². The van der Waals surface area contributed by atoms with Crippen LogP contribution in [0.5, 0.6) is 0 Å². The number of aliphatic hydroxyl groups excluding tert-OH is 1. The van der Waals surface area contributed by atoms with Crippen molar-refractivity contribution in [2.75, 3.05) is 39.6 Å². The molecule has 0 aliphatic carbocycles. The summed E-state index contributed by atoms with van der Waals surface area (Å²) in [5.74, 6) is 0.310. The second kappa shape index (κ2) is 76.1. The highest BCUT2D eigenvalue weighted by molar-refractivity contribution is 7.47. The molecule has 0 saturated carbocycles. The predicted molar refractivity (Wildman–Crippen MR) is 432 cm³/mol. The minimum absolute atomic E-state index is 0.107. The van der Waals surface area contributed by atoms with E-state index in [9.17, 15) is 43.2 Å². The molecule has 0 aromatic heterocycles. The zero-order valence-electron chi connectivity index (χ0n) is 69.2. The fourth-order valence-electron chi connectivity index (χ4n) is 13.3. The van der Waals surface area contributed by atoms with E-state index in [1.807, 2.05) is 0 Å². The third-order valence-electron chi connectivity index (χ3n) is 20.9. The van der Waals surface area contributed by atoms with Crippen molar-refractivity contribution in [3.05, 3.63) is 0 Å². The minimum Gasteiger partial charge on any atom is -0.462 e. The highest BCUT2D eigenvalue weighted by atomic mass is 31.2. The Morgan fingerprint density at radius 3 is 0.724 bits per heavy atom. The van der Waals surface area contributed by atoms with Gasteiger partial charge in [0, 0.05) is 25.7 Å². The van der Waals surface area contributed by atoms with Gasteiger partial charge >= 0.3 is 39.5 Å². The summed E-state index contributed by atoms with van der Waals surface area (Å²) in [5, 5.41) is 10.7. The van der Waals surface area contributed by atoms with Gasteiger partial charge in [-0.2, -0.15) is 0 Å². The number of carbonyl (C=O) groups excluding carboxylic acids is 4. The Kier molecular flexibility index (Phi) is 74.7. The summed E-state index contributed by atoms with van der Waals surface area (Å²) >= 11 is 0. The summed E-state index contributed by atoms with van der Waals surface area (Å²) in [6, 6.07) is 0. The molecule has 0 heterocycles. The smallest absolute Gasteiger partial charge is 0.462 e. The molecule has 624 valence electrons. The molecule has 0 amide bonds. The molecule has 0 aliphatic rings. The molecule has 3 N–H and O–H groups in total. The fourth-order valence-corrected chi connectivity index (χ4v) is 14.9. The first-order valence-electron chi connectivity index (χ1n) is 44.4. The first kappa shape index (κ1) is 103. The van der Waals surface area contributed by atoms with Gasteiger partial charge in [-0.05, 0) is 43.4 Å². The van der Waals surface area contributed by atoms with Gasteiger partial charge in [0.2, 0.25) is 0 Å². The second-order valence-corrected chi connectivity index (χ2v) is 34.8. The molecule has 0 rings (SSSR count). The average Bonchev–Trinajstić information content (AvgIpc) is 0.909. The van der Waals surface area contributed by atoms with E-state index >= 15 is 0 Å². The van der Waals surface area contributed by atoms with E-state index in [1.165, 1.54) is 263 Å². The minimum atomic E-state index is -4.97. The standard InChI is InChI=1S/C86H168O17P2/c1-8-11-12-13-14-15-16-17-18-19-20-21-22-29-34-39-48-55-62-69-85(90)102-81(73-96-83(88)67-60-53-46-38-33-28-24-23-27-32-37-44-51-58-65-78(6)9-2)75-100-104(92,93)98-71-80(87)72-99-105(94,95)101-76-82(74-97-84(89)68-61-54-47-42-41-45-52-59-66-79(7)10-3)103-86(91)70-63-56-49-40-35-30-25-26-31-36-43-50-57-64-77(4)5/h77-82,87H,8-76H2,1-7H3,(H,92,93)(H,94,95)/t78?,79?,80-,81-,82-/m1/s1. The number of unbranched alkanes of at least 4 members (excludes halogenated alkanes) is 50. The molecule has 17 nitrogen and oxygen atoms in total. The van der Waals surface area contributed by atoms with Gasteiger partial charge in [0.15, 0.2) is 12.2 Å². The van der Waals surface area contributed by atoms with Crippen LogP contribution in [0.2, 0.25) is 0 Å². The van der Waals surface area contributed by atoms with Gasteiger partial charge in [-0.3, -0.25) is 37.3 Å². The van der Waals surface area contributed by atoms with Crippen molar-refractivity contribution in [1.29, 1.82) is 0 Å². The lowest BCUT2D eigenvalue weighted by atomic mass is 9.99. The normalized spacial score (nSPS) is 14.4. The molecule has 105 heavy (non-hydrogen) atoms. The lowest BCUT2D eigenvalue weighted by Crippen LogP contribution is -2.30. The number of aliphatic hydroxyl groups is 1. The Morgan fingerprint density at radius 1 is 0.276 bits per heavy atom. The molecule has 0 fully saturated rings. The third-order valence-corrected chi connectivity index (χ3v) is 22.8. The number of hydrogen-bond acceptors (Lipinski definition) is 15. The number of phosphoric ester groups is 2. The quantitative estimate of drug-likeness (QED) is 0.0222. The first-order valence-corrected chi connectivity index (χ1v) is 47.4. The van der Waals surface area contributed by atoms with Crippen molar-refractivity contribution in [2.45, 2.75) is 471 Å². The van der Waals surface area contributed by atoms with E-state index in [0.29, 0.717) is 25.7 Å². The highest BCUT2D eigenvalue weighted by Gasteiger charge is 2.30. The Bertz CT molecular complexity index is 2030. The first-order chi connectivity index (χ1) is 50.8. The van der Waals surface area contributed by atoms with E-state index in [1.54, 1.807) is 0 Å². The van der Waals surface area contributed by atoms with Crippen LogP contribution in [0.25, 0.3) is 0 Å². The summed E-state index contributed by atoms with van der Waals surface area (Å²) in [7, 11) is -9.93. The van der Waals surface area contributed by atoms with Crippen molar-refractivity contribution in [1.82, 2.24) is 0 Å². The van der Waals surface area contributed by atoms with Crippen LogP contribution in [-0.4, -0.2) is 96.7 Å². The van der Waals surface area contributed by atoms with Crippen LogP contribution in [-0.2, 0) is 65.4 Å². The molecular weight excluding hydrogens is 1370 g/mol. The highest BCUT2D eigenvalue weighted by Crippen LogP contribution is 2.45. The molecule has 4 unspecified atom stereocenters. The summed E-state index contributed by atoms with van der Waals surface area (Å²) in [4.78, 5) is 73.3. The molecule has 0 saturated heterocycles. The molecule has 19 heteroatoms. The molecule has 0 aliphatic heterocycles. The number of carbonyl (C=O) groups is 4. The maximum atomic E-state index is 13.2. The average molecular weight is 1540 g/mol. The lowest BCUT2D eigenvalue weighted by Gasteiger charge is -2.21. The molecule has 0 bridgehead atoms. The van der Waals surface area contributed by atoms with E-state index in [2.05, 4.69) is 48.5 Å². The van der Waals surface area contributed by atoms with Crippen LogP contribution in [0, 0.1) is 17.8 Å².